The Morgan fingerprint density at radius 2 is 1.68 bits per heavy atom. The van der Waals surface area contributed by atoms with E-state index in [0.29, 0.717) is 17.8 Å². The monoisotopic (exact) mass is 452 g/mol. The Kier molecular flexibility index (Phi) is 5.45. The number of aryl methyl sites for hydroxylation is 2. The second-order valence-corrected chi connectivity index (χ2v) is 8.65. The molecule has 3 aromatic carbocycles. The van der Waals surface area contributed by atoms with Crippen LogP contribution in [0, 0.1) is 19.8 Å². The molecule has 2 amide bonds. The summed E-state index contributed by atoms with van der Waals surface area (Å²) in [5.74, 6) is -0.899. The van der Waals surface area contributed by atoms with Crippen molar-refractivity contribution in [1.82, 2.24) is 9.55 Å². The van der Waals surface area contributed by atoms with Crippen molar-refractivity contribution in [1.29, 1.82) is 0 Å². The molecule has 34 heavy (non-hydrogen) atoms. The van der Waals surface area contributed by atoms with Gasteiger partial charge in [-0.2, -0.15) is 0 Å². The fourth-order valence-electron chi connectivity index (χ4n) is 4.25. The zero-order chi connectivity index (χ0) is 23.8. The quantitative estimate of drug-likeness (QED) is 0.499. The van der Waals surface area contributed by atoms with Crippen molar-refractivity contribution in [3.05, 3.63) is 89.7 Å². The number of amides is 2. The van der Waals surface area contributed by atoms with Crippen molar-refractivity contribution in [3.8, 4) is 0 Å². The molecule has 5 rings (SSSR count). The summed E-state index contributed by atoms with van der Waals surface area (Å²) < 4.78 is 1.54. The van der Waals surface area contributed by atoms with Crippen molar-refractivity contribution in [2.75, 3.05) is 16.8 Å². The number of rotatable bonds is 4. The molecular weight excluding hydrogens is 428 g/mol. The van der Waals surface area contributed by atoms with Crippen LogP contribution in [0.4, 0.5) is 11.4 Å². The number of aromatic nitrogens is 2. The maximum atomic E-state index is 13.1. The Bertz CT molecular complexity index is 1410. The topological polar surface area (TPSA) is 84.3 Å². The summed E-state index contributed by atoms with van der Waals surface area (Å²) in [4.78, 5) is 44.2. The maximum absolute atomic E-state index is 13.1. The first kappa shape index (κ1) is 21.6. The average molecular weight is 453 g/mol. The van der Waals surface area contributed by atoms with E-state index in [2.05, 4.69) is 10.3 Å². The van der Waals surface area contributed by atoms with E-state index in [4.69, 9.17) is 0 Å². The molecule has 1 aliphatic rings. The molecule has 1 saturated heterocycles. The number of nitrogens with zero attached hydrogens (tertiary/aromatic N) is 3. The van der Waals surface area contributed by atoms with Gasteiger partial charge in [0, 0.05) is 29.9 Å². The van der Waals surface area contributed by atoms with Crippen LogP contribution in [-0.4, -0.2) is 33.8 Å². The minimum Gasteiger partial charge on any atom is -0.326 e. The molecule has 0 bridgehead atoms. The van der Waals surface area contributed by atoms with E-state index >= 15 is 0 Å². The zero-order valence-electron chi connectivity index (χ0n) is 19.0. The lowest BCUT2D eigenvalue weighted by Gasteiger charge is -2.16. The Morgan fingerprint density at radius 1 is 0.971 bits per heavy atom. The Labute approximate surface area is 197 Å². The van der Waals surface area contributed by atoms with Gasteiger partial charge in [-0.25, -0.2) is 4.98 Å². The number of fused-ring (bicyclic) bond motifs is 1. The summed E-state index contributed by atoms with van der Waals surface area (Å²) >= 11 is 0. The van der Waals surface area contributed by atoms with Crippen LogP contribution < -0.4 is 10.2 Å². The summed E-state index contributed by atoms with van der Waals surface area (Å²) in [5.41, 5.74) is 5.62. The van der Waals surface area contributed by atoms with Crippen LogP contribution in [0.3, 0.4) is 0 Å². The number of carbonyl (C=O) groups excluding carboxylic acids is 3. The molecule has 7 nitrogen and oxygen atoms in total. The lowest BCUT2D eigenvalue weighted by atomic mass is 10.1. The van der Waals surface area contributed by atoms with E-state index < -0.39 is 5.92 Å². The van der Waals surface area contributed by atoms with Crippen molar-refractivity contribution in [2.24, 2.45) is 5.92 Å². The predicted octanol–water partition coefficient (Wildman–Crippen LogP) is 4.33. The number of benzene rings is 3. The normalized spacial score (nSPS) is 15.6. The molecular formula is C27H24N4O3. The van der Waals surface area contributed by atoms with E-state index in [1.54, 1.807) is 29.2 Å². The minimum absolute atomic E-state index is 0.0646. The molecule has 0 aliphatic carbocycles. The van der Waals surface area contributed by atoms with E-state index in [9.17, 15) is 14.4 Å². The van der Waals surface area contributed by atoms with Gasteiger partial charge < -0.3 is 10.2 Å². The summed E-state index contributed by atoms with van der Waals surface area (Å²) in [7, 11) is 0. The number of nitrogens with one attached hydrogen (secondary N) is 1. The average Bonchev–Trinajstić information content (AvgIpc) is 3.43. The molecule has 2 heterocycles. The number of hydrogen-bond acceptors (Lipinski definition) is 4. The van der Waals surface area contributed by atoms with Crippen LogP contribution in [0.5, 0.6) is 0 Å². The molecule has 4 aromatic rings. The van der Waals surface area contributed by atoms with Crippen LogP contribution in [0.15, 0.2) is 73.1 Å². The second-order valence-electron chi connectivity index (χ2n) is 8.65. The highest BCUT2D eigenvalue weighted by atomic mass is 16.2. The molecule has 1 N–H and O–H groups in total. The predicted molar refractivity (Wildman–Crippen MR) is 131 cm³/mol. The first-order valence-corrected chi connectivity index (χ1v) is 11.2. The van der Waals surface area contributed by atoms with Crippen molar-refractivity contribution < 1.29 is 14.4 Å². The van der Waals surface area contributed by atoms with Crippen LogP contribution >= 0.6 is 0 Å². The summed E-state index contributed by atoms with van der Waals surface area (Å²) in [6.07, 6.45) is 1.71. The van der Waals surface area contributed by atoms with Crippen molar-refractivity contribution >= 4 is 40.1 Å². The van der Waals surface area contributed by atoms with Crippen LogP contribution in [-0.2, 0) is 9.59 Å². The smallest absolute Gasteiger partial charge is 0.263 e. The second kappa shape index (κ2) is 8.59. The molecule has 1 atom stereocenters. The Morgan fingerprint density at radius 3 is 2.41 bits per heavy atom. The number of para-hydroxylation sites is 1. The number of hydrogen-bond donors (Lipinski definition) is 1. The van der Waals surface area contributed by atoms with Crippen LogP contribution in [0.2, 0.25) is 0 Å². The molecule has 0 radical (unpaired) electrons. The molecule has 1 unspecified atom stereocenters. The highest BCUT2D eigenvalue weighted by Crippen LogP contribution is 2.26. The standard InChI is InChI=1S/C27H24N4O3/c1-17-12-23-24(13-18(17)2)31(16-28-23)27(34)19-8-10-21(11-9-19)29-26(33)20-14-25(32)30(15-20)22-6-4-3-5-7-22/h3-13,16,20H,14-15H2,1-2H3,(H,29,33). The lowest BCUT2D eigenvalue weighted by Crippen LogP contribution is -2.28. The fourth-order valence-corrected chi connectivity index (χ4v) is 4.25. The summed E-state index contributed by atoms with van der Waals surface area (Å²) in [6.45, 7) is 4.37. The molecule has 170 valence electrons. The number of carbonyl (C=O) groups is 3. The fraction of sp³-hybridized carbons (Fsp3) is 0.185. The Hall–Kier alpha value is -4.26. The third kappa shape index (κ3) is 3.96. The van der Waals surface area contributed by atoms with Gasteiger partial charge in [-0.1, -0.05) is 18.2 Å². The van der Waals surface area contributed by atoms with Gasteiger partial charge >= 0.3 is 0 Å². The van der Waals surface area contributed by atoms with E-state index in [1.807, 2.05) is 56.3 Å². The van der Waals surface area contributed by atoms with E-state index in [-0.39, 0.29) is 24.1 Å². The Balaban J connectivity index is 1.28. The third-order valence-corrected chi connectivity index (χ3v) is 6.34. The molecule has 1 fully saturated rings. The van der Waals surface area contributed by atoms with Gasteiger partial charge in [0.25, 0.3) is 5.91 Å². The zero-order valence-corrected chi connectivity index (χ0v) is 19.0. The van der Waals surface area contributed by atoms with E-state index in [1.165, 1.54) is 10.9 Å². The van der Waals surface area contributed by atoms with Gasteiger partial charge in [0.1, 0.15) is 6.33 Å². The SMILES string of the molecule is Cc1cc2ncn(C(=O)c3ccc(NC(=O)C4CC(=O)N(c5ccccc5)C4)cc3)c2cc1C. The molecule has 7 heteroatoms. The maximum Gasteiger partial charge on any atom is 0.263 e. The van der Waals surface area contributed by atoms with Gasteiger partial charge in [-0.3, -0.25) is 19.0 Å². The largest absolute Gasteiger partial charge is 0.326 e. The van der Waals surface area contributed by atoms with Gasteiger partial charge in [0.2, 0.25) is 11.8 Å². The van der Waals surface area contributed by atoms with Crippen molar-refractivity contribution in [2.45, 2.75) is 20.3 Å². The highest BCUT2D eigenvalue weighted by Gasteiger charge is 2.35. The van der Waals surface area contributed by atoms with Crippen LogP contribution in [0.25, 0.3) is 11.0 Å². The molecule has 0 saturated carbocycles. The third-order valence-electron chi connectivity index (χ3n) is 6.34. The summed E-state index contributed by atoms with van der Waals surface area (Å²) in [5, 5.41) is 2.87. The van der Waals surface area contributed by atoms with Gasteiger partial charge in [-0.05, 0) is 73.5 Å². The molecule has 1 aromatic heterocycles. The van der Waals surface area contributed by atoms with Gasteiger partial charge in [0.05, 0.1) is 17.0 Å². The molecule has 1 aliphatic heterocycles. The highest BCUT2D eigenvalue weighted by molar-refractivity contribution is 6.04. The number of imidazole rings is 1. The lowest BCUT2D eigenvalue weighted by molar-refractivity contribution is -0.122. The first-order chi connectivity index (χ1) is 16.4. The minimum atomic E-state index is -0.432. The summed E-state index contributed by atoms with van der Waals surface area (Å²) in [6, 6.07) is 20.0. The van der Waals surface area contributed by atoms with Crippen LogP contribution in [0.1, 0.15) is 27.9 Å². The van der Waals surface area contributed by atoms with E-state index in [0.717, 1.165) is 27.8 Å². The number of anilines is 2. The van der Waals surface area contributed by atoms with Gasteiger partial charge in [-0.15, -0.1) is 0 Å². The van der Waals surface area contributed by atoms with Crippen molar-refractivity contribution in [3.63, 3.8) is 0 Å². The van der Waals surface area contributed by atoms with Gasteiger partial charge in [0.15, 0.2) is 0 Å². The first-order valence-electron chi connectivity index (χ1n) is 11.2. The molecule has 0 spiro atoms.